The molecule has 1 heterocycles. The summed E-state index contributed by atoms with van der Waals surface area (Å²) in [5.74, 6) is -0.361. The third kappa shape index (κ3) is 3.51. The van der Waals surface area contributed by atoms with Gasteiger partial charge in [0.1, 0.15) is 0 Å². The molecule has 2 rings (SSSR count). The Kier molecular flexibility index (Phi) is 5.14. The minimum absolute atomic E-state index is 0.267. The molecule has 2 aromatic rings. The number of halogens is 1. The zero-order valence-electron chi connectivity index (χ0n) is 12.3. The molecule has 0 bridgehead atoms. The van der Waals surface area contributed by atoms with Crippen molar-refractivity contribution in [1.29, 1.82) is 0 Å². The summed E-state index contributed by atoms with van der Waals surface area (Å²) in [6.07, 6.45) is 3.17. The van der Waals surface area contributed by atoms with E-state index in [-0.39, 0.29) is 12.0 Å². The fourth-order valence-electron chi connectivity index (χ4n) is 1.92. The van der Waals surface area contributed by atoms with Gasteiger partial charge in [0.15, 0.2) is 0 Å². The van der Waals surface area contributed by atoms with Crippen LogP contribution in [-0.4, -0.2) is 29.4 Å². The SMILES string of the molecule is CCOC(=O)c1cnn(-c2ccc(C(C)NC)cc2Br)c1. The van der Waals surface area contributed by atoms with E-state index in [0.29, 0.717) is 12.2 Å². The monoisotopic (exact) mass is 351 g/mol. The fraction of sp³-hybridized carbons (Fsp3) is 0.333. The van der Waals surface area contributed by atoms with Gasteiger partial charge in [-0.3, -0.25) is 0 Å². The maximum Gasteiger partial charge on any atom is 0.341 e. The molecule has 6 heteroatoms. The molecule has 0 saturated carbocycles. The molecule has 1 atom stereocenters. The summed E-state index contributed by atoms with van der Waals surface area (Å²) in [5.41, 5.74) is 2.49. The highest BCUT2D eigenvalue weighted by Gasteiger charge is 2.12. The molecule has 0 radical (unpaired) electrons. The molecule has 0 aliphatic rings. The first-order chi connectivity index (χ1) is 10.1. The van der Waals surface area contributed by atoms with Gasteiger partial charge in [0.2, 0.25) is 0 Å². The Hall–Kier alpha value is -1.66. The van der Waals surface area contributed by atoms with Gasteiger partial charge in [-0.05, 0) is 54.5 Å². The van der Waals surface area contributed by atoms with Gasteiger partial charge in [0.05, 0.1) is 24.1 Å². The minimum atomic E-state index is -0.361. The van der Waals surface area contributed by atoms with E-state index in [4.69, 9.17) is 4.74 Å². The van der Waals surface area contributed by atoms with Crippen molar-refractivity contribution in [2.24, 2.45) is 0 Å². The summed E-state index contributed by atoms with van der Waals surface area (Å²) in [7, 11) is 1.92. The summed E-state index contributed by atoms with van der Waals surface area (Å²) in [5, 5.41) is 7.41. The summed E-state index contributed by atoms with van der Waals surface area (Å²) in [4.78, 5) is 11.7. The average Bonchev–Trinajstić information content (AvgIpc) is 2.96. The maximum atomic E-state index is 11.7. The predicted molar refractivity (Wildman–Crippen MR) is 84.7 cm³/mol. The number of carbonyl (C=O) groups is 1. The van der Waals surface area contributed by atoms with E-state index in [9.17, 15) is 4.79 Å². The van der Waals surface area contributed by atoms with Crippen molar-refractivity contribution in [1.82, 2.24) is 15.1 Å². The van der Waals surface area contributed by atoms with E-state index in [1.807, 2.05) is 25.2 Å². The van der Waals surface area contributed by atoms with Crippen LogP contribution >= 0.6 is 15.9 Å². The third-order valence-corrected chi connectivity index (χ3v) is 3.88. The highest BCUT2D eigenvalue weighted by Crippen LogP contribution is 2.25. The van der Waals surface area contributed by atoms with Crippen molar-refractivity contribution in [3.8, 4) is 5.69 Å². The van der Waals surface area contributed by atoms with Crippen LogP contribution in [0.4, 0.5) is 0 Å². The topological polar surface area (TPSA) is 56.1 Å². The van der Waals surface area contributed by atoms with Crippen LogP contribution in [0.5, 0.6) is 0 Å². The van der Waals surface area contributed by atoms with Crippen LogP contribution in [0.2, 0.25) is 0 Å². The van der Waals surface area contributed by atoms with Crippen molar-refractivity contribution < 1.29 is 9.53 Å². The number of benzene rings is 1. The van der Waals surface area contributed by atoms with E-state index in [2.05, 4.69) is 33.3 Å². The smallest absolute Gasteiger partial charge is 0.341 e. The van der Waals surface area contributed by atoms with E-state index >= 15 is 0 Å². The van der Waals surface area contributed by atoms with Crippen molar-refractivity contribution in [3.05, 3.63) is 46.2 Å². The summed E-state index contributed by atoms with van der Waals surface area (Å²) in [6, 6.07) is 6.31. The van der Waals surface area contributed by atoms with Crippen LogP contribution in [0.3, 0.4) is 0 Å². The van der Waals surface area contributed by atoms with Crippen LogP contribution < -0.4 is 5.32 Å². The number of ether oxygens (including phenoxy) is 1. The summed E-state index contributed by atoms with van der Waals surface area (Å²) in [6.45, 7) is 4.22. The number of esters is 1. The highest BCUT2D eigenvalue weighted by atomic mass is 79.9. The highest BCUT2D eigenvalue weighted by molar-refractivity contribution is 9.10. The van der Waals surface area contributed by atoms with Gasteiger partial charge in [0.25, 0.3) is 0 Å². The van der Waals surface area contributed by atoms with E-state index in [0.717, 1.165) is 10.2 Å². The molecule has 5 nitrogen and oxygen atoms in total. The maximum absolute atomic E-state index is 11.7. The van der Waals surface area contributed by atoms with Gasteiger partial charge >= 0.3 is 5.97 Å². The molecule has 1 aromatic heterocycles. The molecule has 1 aromatic carbocycles. The molecule has 0 saturated heterocycles. The predicted octanol–water partition coefficient (Wildman–Crippen LogP) is 3.09. The molecular formula is C15H18BrN3O2. The van der Waals surface area contributed by atoms with Crippen LogP contribution in [0.25, 0.3) is 5.69 Å². The van der Waals surface area contributed by atoms with Gasteiger partial charge in [-0.1, -0.05) is 6.07 Å². The van der Waals surface area contributed by atoms with E-state index < -0.39 is 0 Å². The zero-order valence-corrected chi connectivity index (χ0v) is 13.8. The lowest BCUT2D eigenvalue weighted by molar-refractivity contribution is 0.0526. The lowest BCUT2D eigenvalue weighted by Gasteiger charge is -2.13. The molecule has 21 heavy (non-hydrogen) atoms. The standard InChI is InChI=1S/C15H18BrN3O2/c1-4-21-15(20)12-8-18-19(9-12)14-6-5-11(7-13(14)16)10(2)17-3/h5-10,17H,4H2,1-3H3. The van der Waals surface area contributed by atoms with Crippen LogP contribution in [0.1, 0.15) is 35.8 Å². The molecule has 1 unspecified atom stereocenters. The molecule has 0 fully saturated rings. The molecule has 112 valence electrons. The number of hydrogen-bond donors (Lipinski definition) is 1. The molecule has 0 spiro atoms. The molecule has 0 amide bonds. The second-order valence-electron chi connectivity index (χ2n) is 4.62. The van der Waals surface area contributed by atoms with Crippen molar-refractivity contribution >= 4 is 21.9 Å². The minimum Gasteiger partial charge on any atom is -0.462 e. The number of aromatic nitrogens is 2. The fourth-order valence-corrected chi connectivity index (χ4v) is 2.50. The van der Waals surface area contributed by atoms with E-state index in [1.165, 1.54) is 11.8 Å². The Balaban J connectivity index is 2.28. The number of rotatable bonds is 5. The van der Waals surface area contributed by atoms with Crippen molar-refractivity contribution in [2.75, 3.05) is 13.7 Å². The first-order valence-corrected chi connectivity index (χ1v) is 7.55. The normalized spacial score (nSPS) is 12.2. The largest absolute Gasteiger partial charge is 0.462 e. The van der Waals surface area contributed by atoms with Gasteiger partial charge in [-0.2, -0.15) is 5.10 Å². The first-order valence-electron chi connectivity index (χ1n) is 6.75. The first kappa shape index (κ1) is 15.7. The summed E-state index contributed by atoms with van der Waals surface area (Å²) >= 11 is 3.55. The molecule has 0 aliphatic carbocycles. The Morgan fingerprint density at radius 2 is 2.29 bits per heavy atom. The number of carbonyl (C=O) groups excluding carboxylic acids is 1. The molecule has 0 aliphatic heterocycles. The Labute approximate surface area is 132 Å². The van der Waals surface area contributed by atoms with Gasteiger partial charge in [-0.15, -0.1) is 0 Å². The van der Waals surface area contributed by atoms with Gasteiger partial charge in [0, 0.05) is 16.7 Å². The van der Waals surface area contributed by atoms with Crippen molar-refractivity contribution in [2.45, 2.75) is 19.9 Å². The Bertz CT molecular complexity index is 640. The van der Waals surface area contributed by atoms with Crippen LogP contribution in [0, 0.1) is 0 Å². The lowest BCUT2D eigenvalue weighted by atomic mass is 10.1. The Morgan fingerprint density at radius 1 is 1.52 bits per heavy atom. The Morgan fingerprint density at radius 3 is 2.90 bits per heavy atom. The van der Waals surface area contributed by atoms with E-state index in [1.54, 1.807) is 17.8 Å². The zero-order chi connectivity index (χ0) is 15.4. The average molecular weight is 352 g/mol. The molecular weight excluding hydrogens is 334 g/mol. The second-order valence-corrected chi connectivity index (χ2v) is 5.47. The number of nitrogens with one attached hydrogen (secondary N) is 1. The van der Waals surface area contributed by atoms with Crippen molar-refractivity contribution in [3.63, 3.8) is 0 Å². The number of nitrogens with zero attached hydrogens (tertiary/aromatic N) is 2. The van der Waals surface area contributed by atoms with Crippen LogP contribution in [0.15, 0.2) is 35.1 Å². The second kappa shape index (κ2) is 6.87. The van der Waals surface area contributed by atoms with Gasteiger partial charge < -0.3 is 10.1 Å². The quantitative estimate of drug-likeness (QED) is 0.841. The number of hydrogen-bond acceptors (Lipinski definition) is 4. The van der Waals surface area contributed by atoms with Crippen LogP contribution in [-0.2, 0) is 4.74 Å². The lowest BCUT2D eigenvalue weighted by Crippen LogP contribution is -2.12. The third-order valence-electron chi connectivity index (χ3n) is 3.25. The summed E-state index contributed by atoms with van der Waals surface area (Å²) < 4.78 is 7.53. The van der Waals surface area contributed by atoms with Gasteiger partial charge in [-0.25, -0.2) is 9.48 Å². The molecule has 1 N–H and O–H groups in total.